The molecule has 2 rings (SSSR count). The van der Waals surface area contributed by atoms with Crippen LogP contribution in [0.15, 0.2) is 60.7 Å². The van der Waals surface area contributed by atoms with Crippen molar-refractivity contribution in [2.45, 2.75) is 0 Å². The minimum absolute atomic E-state index is 0.517. The van der Waals surface area contributed by atoms with E-state index < -0.39 is 28.5 Å². The van der Waals surface area contributed by atoms with Gasteiger partial charge in [0.05, 0.1) is 0 Å². The van der Waals surface area contributed by atoms with Gasteiger partial charge in [-0.2, -0.15) is 0 Å². The molecule has 0 aliphatic heterocycles. The zero-order valence-corrected chi connectivity index (χ0v) is 12.0. The Morgan fingerprint density at radius 1 is 0.647 bits per heavy atom. The summed E-state index contributed by atoms with van der Waals surface area (Å²) in [6.45, 7) is 0. The Morgan fingerprint density at radius 2 is 0.941 bits per heavy atom. The molecule has 2 aromatic rings. The molecule has 0 aromatic heterocycles. The summed E-state index contributed by atoms with van der Waals surface area (Å²) in [6.07, 6.45) is 0. The van der Waals surface area contributed by atoms with E-state index in [2.05, 4.69) is 60.7 Å². The van der Waals surface area contributed by atoms with E-state index in [0.29, 0.717) is 0 Å². The van der Waals surface area contributed by atoms with Crippen LogP contribution in [0.3, 0.4) is 0 Å². The van der Waals surface area contributed by atoms with Crippen LogP contribution in [0.2, 0.25) is 0 Å². The summed E-state index contributed by atoms with van der Waals surface area (Å²) in [5.74, 6) is 0. The molecule has 0 saturated heterocycles. The molecule has 3 nitrogen and oxygen atoms in total. The minimum atomic E-state index is -2.17. The summed E-state index contributed by atoms with van der Waals surface area (Å²) in [4.78, 5) is 0. The number of hydrogen-bond acceptors (Lipinski definition) is 3. The zero-order valence-electron chi connectivity index (χ0n) is 9.19. The summed E-state index contributed by atoms with van der Waals surface area (Å²) >= 11 is -0.517. The van der Waals surface area contributed by atoms with Gasteiger partial charge in [-0.3, -0.25) is 0 Å². The molecule has 0 heterocycles. The fourth-order valence-corrected chi connectivity index (χ4v) is 4.21. The van der Waals surface area contributed by atoms with Gasteiger partial charge >= 0.3 is 96.3 Å². The Labute approximate surface area is 111 Å². The van der Waals surface area contributed by atoms with Gasteiger partial charge in [-0.1, -0.05) is 0 Å². The van der Waals surface area contributed by atoms with E-state index in [0.717, 1.165) is 0 Å². The van der Waals surface area contributed by atoms with Crippen LogP contribution in [0, 0.1) is 0 Å². The van der Waals surface area contributed by atoms with E-state index >= 15 is 0 Å². The van der Waals surface area contributed by atoms with Crippen LogP contribution in [0.25, 0.3) is 0 Å². The van der Waals surface area contributed by atoms with E-state index in [1.807, 2.05) is 0 Å². The molecule has 0 aliphatic carbocycles. The molecular weight excluding hydrogens is 322 g/mol. The first-order chi connectivity index (χ1) is 8.18. The summed E-state index contributed by atoms with van der Waals surface area (Å²) in [5, 5.41) is 21.5. The van der Waals surface area contributed by atoms with Crippen LogP contribution in [0.5, 0.6) is 0 Å². The fraction of sp³-hybridized carbons (Fsp3) is 0. The Bertz CT molecular complexity index is 368. The van der Waals surface area contributed by atoms with Crippen molar-refractivity contribution in [2.24, 2.45) is 0 Å². The summed E-state index contributed by atoms with van der Waals surface area (Å²) < 4.78 is 3.08. The first-order valence-electron chi connectivity index (χ1n) is 5.10. The van der Waals surface area contributed by atoms with Crippen molar-refractivity contribution in [3.63, 3.8) is 0 Å². The van der Waals surface area contributed by atoms with Gasteiger partial charge in [-0.25, -0.2) is 0 Å². The summed E-state index contributed by atoms with van der Waals surface area (Å²) in [5.41, 5.74) is 0. The molecule has 2 radical (unpaired) electrons. The molecule has 3 N–H and O–H groups in total. The van der Waals surface area contributed by atoms with Crippen LogP contribution in [0.4, 0.5) is 0 Å². The Morgan fingerprint density at radius 3 is 1.24 bits per heavy atom. The molecule has 17 heavy (non-hydrogen) atoms. The van der Waals surface area contributed by atoms with E-state index in [1.165, 1.54) is 7.16 Å². The number of benzene rings is 2. The van der Waals surface area contributed by atoms with Crippen molar-refractivity contribution in [1.29, 1.82) is 0 Å². The van der Waals surface area contributed by atoms with Gasteiger partial charge < -0.3 is 15.1 Å². The molecule has 0 fully saturated rings. The standard InChI is InChI=1S/2C6H5.BH3O3.Sn/c2*1-2-4-6-5-3-1;2-1(3)4;/h2*1-5H;2-4H;. The molecule has 5 heteroatoms. The Kier molecular flexibility index (Phi) is 6.96. The second kappa shape index (κ2) is 8.30. The average Bonchev–Trinajstić information content (AvgIpc) is 2.31. The summed E-state index contributed by atoms with van der Waals surface area (Å²) in [7, 11) is -2.17. The maximum atomic E-state index is 7.17. The number of hydrogen-bond donors (Lipinski definition) is 3. The van der Waals surface area contributed by atoms with Crippen molar-refractivity contribution < 1.29 is 15.1 Å². The second-order valence-electron chi connectivity index (χ2n) is 3.20. The molecule has 2 aromatic carbocycles. The molecule has 0 spiro atoms. The van der Waals surface area contributed by atoms with Crippen LogP contribution < -0.4 is 7.16 Å². The van der Waals surface area contributed by atoms with E-state index in [1.54, 1.807) is 0 Å². The first-order valence-corrected chi connectivity index (χ1v) is 7.95. The Hall–Kier alpha value is -0.816. The van der Waals surface area contributed by atoms with E-state index in [-0.39, 0.29) is 0 Å². The Balaban J connectivity index is 0.000000317. The topological polar surface area (TPSA) is 60.7 Å². The van der Waals surface area contributed by atoms with Crippen LogP contribution >= 0.6 is 0 Å². The predicted octanol–water partition coefficient (Wildman–Crippen LogP) is -0.710. The third kappa shape index (κ3) is 7.17. The first kappa shape index (κ1) is 14.2. The average molecular weight is 335 g/mol. The van der Waals surface area contributed by atoms with Crippen molar-refractivity contribution in [2.75, 3.05) is 0 Å². The van der Waals surface area contributed by atoms with Crippen molar-refractivity contribution >= 4 is 35.6 Å². The van der Waals surface area contributed by atoms with Crippen LogP contribution in [-0.4, -0.2) is 43.5 Å². The molecule has 0 amide bonds. The normalized spacial score (nSPS) is 9.12. The molecule has 0 saturated carbocycles. The van der Waals surface area contributed by atoms with Gasteiger partial charge in [-0.05, 0) is 0 Å². The molecule has 0 aliphatic rings. The molecule has 0 bridgehead atoms. The van der Waals surface area contributed by atoms with Gasteiger partial charge in [0, 0.05) is 0 Å². The molecule has 0 atom stereocenters. The van der Waals surface area contributed by atoms with Gasteiger partial charge in [-0.15, -0.1) is 0 Å². The van der Waals surface area contributed by atoms with Crippen molar-refractivity contribution in [3.8, 4) is 0 Å². The maximum absolute atomic E-state index is 7.17. The van der Waals surface area contributed by atoms with Crippen molar-refractivity contribution in [3.05, 3.63) is 60.7 Å². The SMILES string of the molecule is OB(O)O.c1cc[c]([Sn][c]2ccccc2)cc1. The van der Waals surface area contributed by atoms with Gasteiger partial charge in [0.15, 0.2) is 0 Å². The molecular formula is C12H13BO3Sn. The monoisotopic (exact) mass is 336 g/mol. The van der Waals surface area contributed by atoms with E-state index in [9.17, 15) is 0 Å². The molecule has 86 valence electrons. The third-order valence-corrected chi connectivity index (χ3v) is 5.39. The second-order valence-corrected chi connectivity index (χ2v) is 7.21. The van der Waals surface area contributed by atoms with Crippen LogP contribution in [0.1, 0.15) is 0 Å². The van der Waals surface area contributed by atoms with Gasteiger partial charge in [0.25, 0.3) is 0 Å². The van der Waals surface area contributed by atoms with Crippen molar-refractivity contribution in [1.82, 2.24) is 0 Å². The molecule has 0 unspecified atom stereocenters. The third-order valence-electron chi connectivity index (χ3n) is 1.84. The predicted molar refractivity (Wildman–Crippen MR) is 70.3 cm³/mol. The van der Waals surface area contributed by atoms with Gasteiger partial charge in [0.1, 0.15) is 0 Å². The van der Waals surface area contributed by atoms with Crippen LogP contribution in [-0.2, 0) is 0 Å². The van der Waals surface area contributed by atoms with E-state index in [4.69, 9.17) is 15.1 Å². The summed E-state index contributed by atoms with van der Waals surface area (Å²) in [6, 6.07) is 21.6. The fourth-order valence-electron chi connectivity index (χ4n) is 1.21. The van der Waals surface area contributed by atoms with Gasteiger partial charge in [0.2, 0.25) is 0 Å². The zero-order chi connectivity index (χ0) is 12.5. The number of rotatable bonds is 2. The quantitative estimate of drug-likeness (QED) is 0.636.